The van der Waals surface area contributed by atoms with Crippen LogP contribution in [0.2, 0.25) is 0 Å². The average Bonchev–Trinajstić information content (AvgIpc) is 1.98. The summed E-state index contributed by atoms with van der Waals surface area (Å²) in [5.74, 6) is 1.67. The summed E-state index contributed by atoms with van der Waals surface area (Å²) in [6.45, 7) is 7.41. The molecule has 2 rings (SSSR count). The highest BCUT2D eigenvalue weighted by atomic mass is 35.5. The Morgan fingerprint density at radius 3 is 2.20 bits per heavy atom. The molecule has 2 saturated heterocycles. The molecule has 1 N–H and O–H groups in total. The molecule has 3 nitrogen and oxygen atoms in total. The van der Waals surface area contributed by atoms with E-state index < -0.39 is 0 Å². The smallest absolute Gasteiger partial charge is 0.239 e. The molecule has 2 aliphatic rings. The van der Waals surface area contributed by atoms with Gasteiger partial charge in [-0.1, -0.05) is 13.8 Å². The van der Waals surface area contributed by atoms with E-state index >= 15 is 0 Å². The minimum Gasteiger partial charge on any atom is -0.341 e. The van der Waals surface area contributed by atoms with Crippen LogP contribution in [-0.4, -0.2) is 36.5 Å². The lowest BCUT2D eigenvalue weighted by Crippen LogP contribution is -2.56. The van der Waals surface area contributed by atoms with Gasteiger partial charge in [-0.25, -0.2) is 0 Å². The highest BCUT2D eigenvalue weighted by Crippen LogP contribution is 2.22. The zero-order valence-electron chi connectivity index (χ0n) is 9.53. The van der Waals surface area contributed by atoms with Gasteiger partial charge in [0.15, 0.2) is 0 Å². The van der Waals surface area contributed by atoms with E-state index in [9.17, 15) is 4.79 Å². The van der Waals surface area contributed by atoms with Gasteiger partial charge in [0, 0.05) is 13.1 Å². The third kappa shape index (κ3) is 2.85. The maximum atomic E-state index is 11.9. The van der Waals surface area contributed by atoms with Crippen molar-refractivity contribution in [3.05, 3.63) is 0 Å². The molecule has 3 atom stereocenters. The molecule has 0 aliphatic carbocycles. The van der Waals surface area contributed by atoms with Crippen LogP contribution in [0.5, 0.6) is 0 Å². The van der Waals surface area contributed by atoms with Crippen molar-refractivity contribution in [1.82, 2.24) is 10.2 Å². The molecule has 0 aromatic rings. The van der Waals surface area contributed by atoms with Crippen LogP contribution in [0.4, 0.5) is 0 Å². The van der Waals surface area contributed by atoms with Gasteiger partial charge in [0.2, 0.25) is 5.91 Å². The van der Waals surface area contributed by atoms with Gasteiger partial charge in [-0.05, 0) is 31.2 Å². The number of hydrogen-bond acceptors (Lipinski definition) is 2. The van der Waals surface area contributed by atoms with Crippen molar-refractivity contribution >= 4 is 18.3 Å². The molecule has 88 valence electrons. The standard InChI is InChI=1S/C11H20N2O.ClH/c1-8-5-9(2)7-13(6-8)11(14)10-3-4-12-10;/h8-10,12H,3-7H2,1-2H3;1H/t8?,9?,10-;/m1./s1. The molecule has 0 radical (unpaired) electrons. The Balaban J connectivity index is 0.00000112. The summed E-state index contributed by atoms with van der Waals surface area (Å²) in [4.78, 5) is 14.0. The first-order valence-corrected chi connectivity index (χ1v) is 5.69. The molecular formula is C11H21ClN2O. The van der Waals surface area contributed by atoms with Crippen molar-refractivity contribution in [2.75, 3.05) is 19.6 Å². The summed E-state index contributed by atoms with van der Waals surface area (Å²) >= 11 is 0. The predicted octanol–water partition coefficient (Wildman–Crippen LogP) is 1.27. The normalized spacial score (nSPS) is 35.3. The third-order valence-electron chi connectivity index (χ3n) is 3.30. The van der Waals surface area contributed by atoms with E-state index in [1.54, 1.807) is 0 Å². The first-order chi connectivity index (χ1) is 6.66. The van der Waals surface area contributed by atoms with Crippen molar-refractivity contribution in [1.29, 1.82) is 0 Å². The number of rotatable bonds is 1. The topological polar surface area (TPSA) is 32.3 Å². The molecule has 1 amide bonds. The Kier molecular flexibility index (Phi) is 4.41. The molecule has 0 saturated carbocycles. The Hall–Kier alpha value is -0.280. The van der Waals surface area contributed by atoms with Crippen molar-refractivity contribution < 1.29 is 4.79 Å². The van der Waals surface area contributed by atoms with Crippen LogP contribution in [0, 0.1) is 11.8 Å². The number of nitrogens with zero attached hydrogens (tertiary/aromatic N) is 1. The molecule has 0 spiro atoms. The number of halogens is 1. The monoisotopic (exact) mass is 232 g/mol. The van der Waals surface area contributed by atoms with Gasteiger partial charge in [-0.2, -0.15) is 0 Å². The molecular weight excluding hydrogens is 212 g/mol. The van der Waals surface area contributed by atoms with Crippen LogP contribution in [0.3, 0.4) is 0 Å². The number of hydrogen-bond donors (Lipinski definition) is 1. The minimum absolute atomic E-state index is 0. The van der Waals surface area contributed by atoms with Crippen LogP contribution in [0.25, 0.3) is 0 Å². The van der Waals surface area contributed by atoms with Gasteiger partial charge >= 0.3 is 0 Å². The van der Waals surface area contributed by atoms with Crippen LogP contribution in [-0.2, 0) is 4.79 Å². The van der Waals surface area contributed by atoms with E-state index in [0.29, 0.717) is 17.7 Å². The fourth-order valence-electron chi connectivity index (χ4n) is 2.56. The van der Waals surface area contributed by atoms with Crippen LogP contribution in [0.1, 0.15) is 26.7 Å². The van der Waals surface area contributed by atoms with Gasteiger partial charge in [-0.15, -0.1) is 12.4 Å². The fourth-order valence-corrected chi connectivity index (χ4v) is 2.56. The highest BCUT2D eigenvalue weighted by molar-refractivity contribution is 5.85. The van der Waals surface area contributed by atoms with Gasteiger partial charge in [-0.3, -0.25) is 4.79 Å². The molecule has 2 aliphatic heterocycles. The van der Waals surface area contributed by atoms with Crippen molar-refractivity contribution in [2.24, 2.45) is 11.8 Å². The SMILES string of the molecule is CC1CC(C)CN(C(=O)[C@H]2CCN2)C1.Cl. The number of amides is 1. The molecule has 0 aromatic carbocycles. The molecule has 2 heterocycles. The summed E-state index contributed by atoms with van der Waals surface area (Å²) < 4.78 is 0. The molecule has 4 heteroatoms. The van der Waals surface area contributed by atoms with E-state index in [0.717, 1.165) is 26.1 Å². The molecule has 0 bridgehead atoms. The Bertz CT molecular complexity index is 221. The Morgan fingerprint density at radius 2 is 1.80 bits per heavy atom. The van der Waals surface area contributed by atoms with Crippen LogP contribution < -0.4 is 5.32 Å². The highest BCUT2D eigenvalue weighted by Gasteiger charge is 2.32. The third-order valence-corrected chi connectivity index (χ3v) is 3.30. The number of piperidine rings is 1. The van der Waals surface area contributed by atoms with Gasteiger partial charge in [0.25, 0.3) is 0 Å². The van der Waals surface area contributed by atoms with E-state index in [2.05, 4.69) is 24.1 Å². The largest absolute Gasteiger partial charge is 0.341 e. The maximum absolute atomic E-state index is 11.9. The molecule has 2 unspecified atom stereocenters. The zero-order valence-corrected chi connectivity index (χ0v) is 10.3. The lowest BCUT2D eigenvalue weighted by molar-refractivity contribution is -0.137. The lowest BCUT2D eigenvalue weighted by Gasteiger charge is -2.39. The average molecular weight is 233 g/mol. The predicted molar refractivity (Wildman–Crippen MR) is 63.2 cm³/mol. The fraction of sp³-hybridized carbons (Fsp3) is 0.909. The number of nitrogens with one attached hydrogen (secondary N) is 1. The minimum atomic E-state index is 0. The van der Waals surface area contributed by atoms with Crippen LogP contribution in [0.15, 0.2) is 0 Å². The van der Waals surface area contributed by atoms with Crippen molar-refractivity contribution in [3.8, 4) is 0 Å². The maximum Gasteiger partial charge on any atom is 0.239 e. The second-order valence-corrected chi connectivity index (χ2v) is 4.98. The molecule has 2 fully saturated rings. The lowest BCUT2D eigenvalue weighted by atomic mass is 9.91. The number of likely N-dealkylation sites (tertiary alicyclic amines) is 1. The molecule has 15 heavy (non-hydrogen) atoms. The van der Waals surface area contributed by atoms with Crippen LogP contribution >= 0.6 is 12.4 Å². The quantitative estimate of drug-likeness (QED) is 0.739. The van der Waals surface area contributed by atoms with E-state index in [1.807, 2.05) is 0 Å². The first kappa shape index (κ1) is 12.8. The zero-order chi connectivity index (χ0) is 10.1. The summed E-state index contributed by atoms with van der Waals surface area (Å²) in [6, 6.07) is 0.132. The summed E-state index contributed by atoms with van der Waals surface area (Å²) in [6.07, 6.45) is 2.29. The van der Waals surface area contributed by atoms with Gasteiger partial charge in [0.05, 0.1) is 6.04 Å². The van der Waals surface area contributed by atoms with Gasteiger partial charge in [0.1, 0.15) is 0 Å². The Labute approximate surface area is 98.0 Å². The molecule has 0 aromatic heterocycles. The van der Waals surface area contributed by atoms with E-state index in [4.69, 9.17) is 0 Å². The van der Waals surface area contributed by atoms with E-state index in [-0.39, 0.29) is 18.4 Å². The van der Waals surface area contributed by atoms with Crippen molar-refractivity contribution in [2.45, 2.75) is 32.7 Å². The second kappa shape index (κ2) is 5.17. The van der Waals surface area contributed by atoms with E-state index in [1.165, 1.54) is 6.42 Å². The Morgan fingerprint density at radius 1 is 1.27 bits per heavy atom. The number of carbonyl (C=O) groups is 1. The number of carbonyl (C=O) groups excluding carboxylic acids is 1. The van der Waals surface area contributed by atoms with Crippen molar-refractivity contribution in [3.63, 3.8) is 0 Å². The summed E-state index contributed by atoms with van der Waals surface area (Å²) in [5, 5.41) is 3.18. The summed E-state index contributed by atoms with van der Waals surface area (Å²) in [7, 11) is 0. The second-order valence-electron chi connectivity index (χ2n) is 4.98. The first-order valence-electron chi connectivity index (χ1n) is 5.69. The van der Waals surface area contributed by atoms with Gasteiger partial charge < -0.3 is 10.2 Å². The summed E-state index contributed by atoms with van der Waals surface area (Å²) in [5.41, 5.74) is 0.